The number of imide groups is 1. The van der Waals surface area contributed by atoms with Crippen LogP contribution in [0.4, 0.5) is 21.9 Å². The third-order valence-corrected chi connectivity index (χ3v) is 16.3. The Balaban J connectivity index is 0.826. The molecular weight excluding hydrogens is 1150 g/mol. The molecule has 5 aliphatic rings. The van der Waals surface area contributed by atoms with Gasteiger partial charge in [-0.05, 0) is 86.6 Å². The van der Waals surface area contributed by atoms with Crippen LogP contribution in [0.1, 0.15) is 126 Å². The smallest absolute Gasteiger partial charge is 0.416 e. The molecule has 5 aliphatic heterocycles. The zero-order chi connectivity index (χ0) is 64.6. The van der Waals surface area contributed by atoms with Gasteiger partial charge in [-0.15, -0.1) is 0 Å². The first kappa shape index (κ1) is 65.9. The number of aliphatic carboxylic acids is 1. The Morgan fingerprint density at radius 1 is 0.753 bits per heavy atom. The molecule has 2 saturated heterocycles. The van der Waals surface area contributed by atoms with Crippen LogP contribution < -0.4 is 45.1 Å². The molecule has 8 rings (SSSR count). The predicted octanol–water partition coefficient (Wildman–Crippen LogP) is 5.25. The Bertz CT molecular complexity index is 3290. The molecule has 3 aromatic rings. The average Bonchev–Trinajstić information content (AvgIpc) is 1.70. The van der Waals surface area contributed by atoms with E-state index in [1.54, 1.807) is 84.2 Å². The molecular formula is C63H79N9O17. The van der Waals surface area contributed by atoms with E-state index < -0.39 is 101 Å². The monoisotopic (exact) mass is 1230 g/mol. The maximum atomic E-state index is 14.2. The summed E-state index contributed by atoms with van der Waals surface area (Å²) in [5.41, 5.74) is -0.0116. The van der Waals surface area contributed by atoms with Crippen LogP contribution >= 0.6 is 0 Å². The van der Waals surface area contributed by atoms with Gasteiger partial charge in [0, 0.05) is 74.1 Å². The van der Waals surface area contributed by atoms with Gasteiger partial charge in [-0.3, -0.25) is 48.2 Å². The summed E-state index contributed by atoms with van der Waals surface area (Å²) in [6.07, 6.45) is 4.29. The molecule has 26 nitrogen and oxygen atoms in total. The Hall–Kier alpha value is -9.07. The van der Waals surface area contributed by atoms with E-state index in [0.717, 1.165) is 22.6 Å². The molecule has 5 heterocycles. The van der Waals surface area contributed by atoms with E-state index in [1.165, 1.54) is 50.3 Å². The predicted molar refractivity (Wildman–Crippen MR) is 323 cm³/mol. The van der Waals surface area contributed by atoms with Gasteiger partial charge >= 0.3 is 12.1 Å². The molecule has 89 heavy (non-hydrogen) atoms. The Kier molecular flexibility index (Phi) is 20.7. The molecule has 478 valence electrons. The second-order valence-electron chi connectivity index (χ2n) is 24.6. The van der Waals surface area contributed by atoms with Crippen molar-refractivity contribution in [3.63, 3.8) is 0 Å². The number of fused-ring (bicyclic) bond motifs is 4. The average molecular weight is 1230 g/mol. The lowest BCUT2D eigenvalue weighted by Gasteiger charge is -2.36. The summed E-state index contributed by atoms with van der Waals surface area (Å²) >= 11 is 0. The van der Waals surface area contributed by atoms with Gasteiger partial charge < -0.3 is 65.0 Å². The number of nitrogens with zero attached hydrogens (tertiary/aromatic N) is 5. The van der Waals surface area contributed by atoms with Gasteiger partial charge in [0.05, 0.1) is 62.0 Å². The number of nitrogens with one attached hydrogen (secondary N) is 4. The third kappa shape index (κ3) is 15.4. The molecule has 0 saturated carbocycles. The lowest BCUT2D eigenvalue weighted by molar-refractivity contribution is -0.145. The van der Waals surface area contributed by atoms with Crippen LogP contribution in [0.3, 0.4) is 0 Å². The van der Waals surface area contributed by atoms with Crippen molar-refractivity contribution >= 4 is 82.6 Å². The Morgan fingerprint density at radius 2 is 1.37 bits per heavy atom. The van der Waals surface area contributed by atoms with Crippen molar-refractivity contribution in [2.24, 2.45) is 21.7 Å². The molecule has 0 aromatic heterocycles. The van der Waals surface area contributed by atoms with E-state index in [9.17, 15) is 58.2 Å². The van der Waals surface area contributed by atoms with Crippen molar-refractivity contribution < 1.29 is 81.8 Å². The zero-order valence-corrected chi connectivity index (χ0v) is 51.5. The molecule has 0 radical (unpaired) electrons. The molecule has 3 aromatic carbocycles. The van der Waals surface area contributed by atoms with Crippen molar-refractivity contribution in [2.45, 2.75) is 143 Å². The van der Waals surface area contributed by atoms with Gasteiger partial charge in [-0.2, -0.15) is 0 Å². The summed E-state index contributed by atoms with van der Waals surface area (Å²) in [4.78, 5) is 142. The summed E-state index contributed by atoms with van der Waals surface area (Å²) in [7, 11) is 2.91. The number of aliphatic hydroxyl groups excluding tert-OH is 1. The zero-order valence-electron chi connectivity index (χ0n) is 51.5. The van der Waals surface area contributed by atoms with Gasteiger partial charge in [0.15, 0.2) is 29.2 Å². The largest absolute Gasteiger partial charge is 0.493 e. The first-order valence-corrected chi connectivity index (χ1v) is 29.8. The van der Waals surface area contributed by atoms with Gasteiger partial charge in [0.25, 0.3) is 23.6 Å². The Morgan fingerprint density at radius 3 is 2.01 bits per heavy atom. The number of carbonyl (C=O) groups excluding carboxylic acids is 9. The number of hydrogen-bond acceptors (Lipinski definition) is 17. The van der Waals surface area contributed by atoms with Crippen molar-refractivity contribution in [1.29, 1.82) is 0 Å². The van der Waals surface area contributed by atoms with E-state index in [0.29, 0.717) is 66.4 Å². The molecule has 0 spiro atoms. The van der Waals surface area contributed by atoms with Gasteiger partial charge in [0.1, 0.15) is 24.7 Å². The number of amides is 9. The van der Waals surface area contributed by atoms with Crippen molar-refractivity contribution in [3.8, 4) is 23.0 Å². The highest BCUT2D eigenvalue weighted by Gasteiger charge is 2.46. The van der Waals surface area contributed by atoms with E-state index >= 15 is 0 Å². The number of hydrogen-bond donors (Lipinski definition) is 6. The minimum Gasteiger partial charge on any atom is -0.493 e. The Labute approximate surface area is 515 Å². The molecule has 26 heteroatoms. The van der Waals surface area contributed by atoms with Gasteiger partial charge in [-0.25, -0.2) is 14.5 Å². The van der Waals surface area contributed by atoms with Crippen molar-refractivity contribution in [2.75, 3.05) is 57.3 Å². The number of anilines is 2. The number of rotatable bonds is 26. The summed E-state index contributed by atoms with van der Waals surface area (Å²) in [6.45, 7) is 12.6. The maximum Gasteiger partial charge on any atom is 0.416 e. The summed E-state index contributed by atoms with van der Waals surface area (Å²) in [6, 6.07) is 8.04. The first-order valence-electron chi connectivity index (χ1n) is 29.8. The van der Waals surface area contributed by atoms with Crippen LogP contribution in [0.25, 0.3) is 0 Å². The summed E-state index contributed by atoms with van der Waals surface area (Å²) in [5.74, 6) is -4.73. The fourth-order valence-electron chi connectivity index (χ4n) is 11.8. The number of carbonyl (C=O) groups is 10. The molecule has 2 fully saturated rings. The molecule has 0 bridgehead atoms. The van der Waals surface area contributed by atoms with Crippen molar-refractivity contribution in [3.05, 3.63) is 77.4 Å². The van der Waals surface area contributed by atoms with Gasteiger partial charge in [-0.1, -0.05) is 53.7 Å². The lowest BCUT2D eigenvalue weighted by Crippen LogP contribution is -2.54. The minimum absolute atomic E-state index is 0.0375. The fourth-order valence-corrected chi connectivity index (χ4v) is 11.8. The SMILES string of the molecule is COc1cc2c(cc1OCCCOc1cc3c(cc1OC)C(=O)N1CCC[C@H]1[C@H](O)N3C(=O)OCc1ccc(NC(=O)[C@H](C)NC(=O)[C@@H](NC(=O)CC[C@H](NC(=O)C(C)(C)CC(C)(C)CN3C(=O)C=CC3=O)C(=O)O)C(C)C)cc1)N=C[C@@H]1CCCN1C2=O. The third-order valence-electron chi connectivity index (χ3n) is 16.3. The van der Waals surface area contributed by atoms with Crippen molar-refractivity contribution in [1.82, 2.24) is 30.7 Å². The van der Waals surface area contributed by atoms with E-state index in [2.05, 4.69) is 26.3 Å². The van der Waals surface area contributed by atoms with Crippen LogP contribution in [-0.2, 0) is 44.9 Å². The second-order valence-corrected chi connectivity index (χ2v) is 24.6. The highest BCUT2D eigenvalue weighted by molar-refractivity contribution is 6.13. The molecule has 0 aliphatic carbocycles. The summed E-state index contributed by atoms with van der Waals surface area (Å²) in [5, 5.41) is 32.3. The molecule has 9 amide bonds. The van der Waals surface area contributed by atoms with E-state index in [-0.39, 0.29) is 80.3 Å². The summed E-state index contributed by atoms with van der Waals surface area (Å²) < 4.78 is 29.3. The van der Waals surface area contributed by atoms with E-state index in [1.807, 2.05) is 4.90 Å². The highest BCUT2D eigenvalue weighted by atomic mass is 16.6. The fraction of sp³-hybridized carbons (Fsp3) is 0.508. The van der Waals surface area contributed by atoms with Crippen LogP contribution in [-0.4, -0.2) is 174 Å². The second kappa shape index (κ2) is 28.0. The quantitative estimate of drug-likeness (QED) is 0.0441. The number of carboxylic acid groups (broad SMARTS) is 1. The van der Waals surface area contributed by atoms with Crippen LogP contribution in [0.5, 0.6) is 23.0 Å². The highest BCUT2D eigenvalue weighted by Crippen LogP contribution is 2.43. The lowest BCUT2D eigenvalue weighted by atomic mass is 9.74. The number of carboxylic acids is 1. The van der Waals surface area contributed by atoms with Crippen LogP contribution in [0, 0.1) is 16.7 Å². The maximum absolute atomic E-state index is 14.2. The number of methoxy groups -OCH3 is 2. The normalized spacial score (nSPS) is 18.8. The number of aliphatic imine (C=N–C) groups is 1. The molecule has 6 atom stereocenters. The number of benzene rings is 3. The number of aliphatic hydroxyl groups is 1. The topological polar surface area (TPSA) is 331 Å². The minimum atomic E-state index is -1.50. The standard InChI is InChI=1S/C63H79N9O17/c1-35(2)53(68-50(73)20-19-42(59(81)82)67-60(83)63(6,7)33-62(4,5)34-71-51(74)21-22-52(71)75)55(77)65-36(3)54(76)66-38-17-15-37(16-18-38)32-89-61(84)72-45-30-49(47(86-9)28-41(45)57(79)70-24-11-14-44(70)58(72)80)88-26-12-25-87-48-29-43-40(27-46(48)85-8)56(78)69-23-10-13-39(69)31-64-43/h15-18,21-22,27-31,35-36,39,42,44,53,58,80H,10-14,19-20,23-26,32-34H2,1-9H3,(H,65,77)(H,66,76)(H,67,83)(H,68,73)(H,81,82)/t36-,39-,42-,44-,53-,58-/m0/s1. The molecule has 0 unspecified atom stereocenters. The first-order chi connectivity index (χ1) is 42.2. The number of ether oxygens (including phenoxy) is 5. The van der Waals surface area contributed by atoms with E-state index in [4.69, 9.17) is 23.7 Å². The molecule has 6 N–H and O–H groups in total. The van der Waals surface area contributed by atoms with Crippen LogP contribution in [0.2, 0.25) is 0 Å². The van der Waals surface area contributed by atoms with Crippen LogP contribution in [0.15, 0.2) is 65.7 Å². The van der Waals surface area contributed by atoms with Gasteiger partial charge in [0.2, 0.25) is 23.6 Å².